The van der Waals surface area contributed by atoms with Crippen molar-refractivity contribution in [2.75, 3.05) is 13.1 Å². The van der Waals surface area contributed by atoms with E-state index in [4.69, 9.17) is 16.3 Å². The molecule has 0 saturated carbocycles. The number of nitrogens with one attached hydrogen (secondary N) is 1. The van der Waals surface area contributed by atoms with E-state index in [1.54, 1.807) is 0 Å². The second kappa shape index (κ2) is 6.62. The zero-order valence-corrected chi connectivity index (χ0v) is 12.8. The molecular formula is C16H24ClNO. The van der Waals surface area contributed by atoms with Crippen molar-refractivity contribution in [2.45, 2.75) is 39.7 Å². The Morgan fingerprint density at radius 2 is 2.21 bits per heavy atom. The molecule has 0 aromatic heterocycles. The fourth-order valence-corrected chi connectivity index (χ4v) is 2.84. The van der Waals surface area contributed by atoms with Crippen molar-refractivity contribution in [3.8, 4) is 5.75 Å². The smallest absolute Gasteiger partial charge is 0.124 e. The van der Waals surface area contributed by atoms with Crippen LogP contribution in [0.4, 0.5) is 0 Å². The van der Waals surface area contributed by atoms with E-state index in [2.05, 4.69) is 19.2 Å². The fraction of sp³-hybridized carbons (Fsp3) is 0.625. The molecule has 1 saturated heterocycles. The van der Waals surface area contributed by atoms with E-state index in [0.29, 0.717) is 11.8 Å². The van der Waals surface area contributed by atoms with E-state index in [0.717, 1.165) is 35.8 Å². The molecule has 0 unspecified atom stereocenters. The van der Waals surface area contributed by atoms with Crippen molar-refractivity contribution in [1.82, 2.24) is 5.32 Å². The van der Waals surface area contributed by atoms with Crippen LogP contribution in [0, 0.1) is 18.8 Å². The summed E-state index contributed by atoms with van der Waals surface area (Å²) in [6.07, 6.45) is 2.59. The highest BCUT2D eigenvalue weighted by atomic mass is 35.5. The van der Waals surface area contributed by atoms with Gasteiger partial charge in [-0.1, -0.05) is 31.5 Å². The highest BCUT2D eigenvalue weighted by Gasteiger charge is 2.27. The maximum atomic E-state index is 6.30. The monoisotopic (exact) mass is 281 g/mol. The normalized spacial score (nSPS) is 20.8. The summed E-state index contributed by atoms with van der Waals surface area (Å²) < 4.78 is 6.30. The van der Waals surface area contributed by atoms with E-state index in [1.807, 2.05) is 25.1 Å². The van der Waals surface area contributed by atoms with Crippen LogP contribution < -0.4 is 10.1 Å². The molecule has 0 amide bonds. The zero-order chi connectivity index (χ0) is 13.8. The average Bonchev–Trinajstić information content (AvgIpc) is 2.87. The number of rotatable bonds is 5. The van der Waals surface area contributed by atoms with Gasteiger partial charge in [0.1, 0.15) is 11.9 Å². The summed E-state index contributed by atoms with van der Waals surface area (Å²) in [6.45, 7) is 8.71. The number of hydrogen-bond donors (Lipinski definition) is 1. The Labute approximate surface area is 121 Å². The Morgan fingerprint density at radius 3 is 2.84 bits per heavy atom. The molecule has 1 aromatic rings. The fourth-order valence-electron chi connectivity index (χ4n) is 2.67. The molecule has 0 bridgehead atoms. The van der Waals surface area contributed by atoms with Gasteiger partial charge in [-0.15, -0.1) is 0 Å². The van der Waals surface area contributed by atoms with E-state index in [9.17, 15) is 0 Å². The van der Waals surface area contributed by atoms with Crippen LogP contribution in [0.3, 0.4) is 0 Å². The Balaban J connectivity index is 2.12. The van der Waals surface area contributed by atoms with Gasteiger partial charge < -0.3 is 10.1 Å². The summed E-state index contributed by atoms with van der Waals surface area (Å²) in [5.74, 6) is 2.19. The Hall–Kier alpha value is -0.730. The van der Waals surface area contributed by atoms with Gasteiger partial charge in [0.2, 0.25) is 0 Å². The van der Waals surface area contributed by atoms with E-state index in [-0.39, 0.29) is 6.10 Å². The van der Waals surface area contributed by atoms with Crippen molar-refractivity contribution in [3.05, 3.63) is 28.8 Å². The third kappa shape index (κ3) is 3.87. The molecule has 2 rings (SSSR count). The van der Waals surface area contributed by atoms with Gasteiger partial charge in [0.05, 0.1) is 0 Å². The topological polar surface area (TPSA) is 21.3 Å². The van der Waals surface area contributed by atoms with Crippen LogP contribution in [-0.2, 0) is 0 Å². The first-order valence-corrected chi connectivity index (χ1v) is 7.58. The minimum Gasteiger partial charge on any atom is -0.490 e. The first-order chi connectivity index (χ1) is 9.08. The van der Waals surface area contributed by atoms with Crippen LogP contribution in [0.25, 0.3) is 0 Å². The lowest BCUT2D eigenvalue weighted by atomic mass is 9.93. The van der Waals surface area contributed by atoms with Crippen molar-refractivity contribution in [1.29, 1.82) is 0 Å². The zero-order valence-electron chi connectivity index (χ0n) is 12.1. The van der Waals surface area contributed by atoms with Crippen LogP contribution in [0.5, 0.6) is 5.75 Å². The lowest BCUT2D eigenvalue weighted by Gasteiger charge is -2.27. The first-order valence-electron chi connectivity index (χ1n) is 7.20. The number of halogens is 1. The van der Waals surface area contributed by atoms with Crippen LogP contribution in [-0.4, -0.2) is 19.2 Å². The third-order valence-corrected chi connectivity index (χ3v) is 4.23. The summed E-state index contributed by atoms with van der Waals surface area (Å²) in [7, 11) is 0. The molecule has 0 aliphatic carbocycles. The number of hydrogen-bond acceptors (Lipinski definition) is 2. The maximum Gasteiger partial charge on any atom is 0.124 e. The molecule has 1 fully saturated rings. The van der Waals surface area contributed by atoms with Gasteiger partial charge in [0.25, 0.3) is 0 Å². The van der Waals surface area contributed by atoms with Crippen LogP contribution >= 0.6 is 11.6 Å². The van der Waals surface area contributed by atoms with Gasteiger partial charge in [0.15, 0.2) is 0 Å². The van der Waals surface area contributed by atoms with E-state index in [1.165, 1.54) is 6.42 Å². The van der Waals surface area contributed by atoms with Crippen molar-refractivity contribution in [3.63, 3.8) is 0 Å². The average molecular weight is 282 g/mol. The van der Waals surface area contributed by atoms with Gasteiger partial charge in [0, 0.05) is 23.0 Å². The Bertz CT molecular complexity index is 413. The van der Waals surface area contributed by atoms with Gasteiger partial charge in [-0.2, -0.15) is 0 Å². The summed E-state index contributed by atoms with van der Waals surface area (Å²) in [5.41, 5.74) is 1.05. The summed E-state index contributed by atoms with van der Waals surface area (Å²) in [6, 6.07) is 5.90. The van der Waals surface area contributed by atoms with Crippen LogP contribution in [0.15, 0.2) is 18.2 Å². The molecule has 1 aliphatic rings. The minimum absolute atomic E-state index is 0.284. The molecule has 106 valence electrons. The standard InChI is InChI=1S/C16H24ClNO/c1-11(2)9-16(13-7-8-18-10-13)19-15-6-4-5-14(17)12(15)3/h4-6,11,13,16,18H,7-10H2,1-3H3/t13-,16-/m0/s1. The molecule has 0 spiro atoms. The van der Waals surface area contributed by atoms with E-state index < -0.39 is 0 Å². The Morgan fingerprint density at radius 1 is 1.42 bits per heavy atom. The van der Waals surface area contributed by atoms with Crippen LogP contribution in [0.2, 0.25) is 5.02 Å². The summed E-state index contributed by atoms with van der Waals surface area (Å²) >= 11 is 6.17. The third-order valence-electron chi connectivity index (χ3n) is 3.82. The van der Waals surface area contributed by atoms with Gasteiger partial charge in [-0.05, 0) is 44.4 Å². The number of ether oxygens (including phenoxy) is 1. The van der Waals surface area contributed by atoms with Crippen molar-refractivity contribution in [2.24, 2.45) is 11.8 Å². The Kier molecular flexibility index (Phi) is 5.12. The van der Waals surface area contributed by atoms with E-state index >= 15 is 0 Å². The molecule has 1 aromatic carbocycles. The quantitative estimate of drug-likeness (QED) is 0.879. The summed E-state index contributed by atoms with van der Waals surface area (Å²) in [5, 5.41) is 4.21. The van der Waals surface area contributed by atoms with Crippen molar-refractivity contribution < 1.29 is 4.74 Å². The SMILES string of the molecule is Cc1c(Cl)cccc1O[C@@H](CC(C)C)[C@H]1CCNC1. The lowest BCUT2D eigenvalue weighted by Crippen LogP contribution is -2.30. The van der Waals surface area contributed by atoms with Crippen molar-refractivity contribution >= 4 is 11.6 Å². The summed E-state index contributed by atoms with van der Waals surface area (Å²) in [4.78, 5) is 0. The predicted octanol–water partition coefficient (Wildman–Crippen LogP) is 4.05. The molecule has 1 heterocycles. The predicted molar refractivity (Wildman–Crippen MR) is 81.0 cm³/mol. The molecule has 0 radical (unpaired) electrons. The highest BCUT2D eigenvalue weighted by Crippen LogP contribution is 2.30. The molecule has 3 heteroatoms. The molecule has 1 aliphatic heterocycles. The van der Waals surface area contributed by atoms with Gasteiger partial charge >= 0.3 is 0 Å². The molecule has 1 N–H and O–H groups in total. The van der Waals surface area contributed by atoms with Gasteiger partial charge in [-0.3, -0.25) is 0 Å². The number of benzene rings is 1. The molecule has 2 nitrogen and oxygen atoms in total. The molecule has 2 atom stereocenters. The molecular weight excluding hydrogens is 258 g/mol. The lowest BCUT2D eigenvalue weighted by molar-refractivity contribution is 0.119. The maximum absolute atomic E-state index is 6.30. The largest absolute Gasteiger partial charge is 0.490 e. The second-order valence-corrected chi connectivity index (χ2v) is 6.31. The first kappa shape index (κ1) is 14.7. The van der Waals surface area contributed by atoms with Gasteiger partial charge in [-0.25, -0.2) is 0 Å². The van der Waals surface area contributed by atoms with Crippen LogP contribution in [0.1, 0.15) is 32.3 Å². The highest BCUT2D eigenvalue weighted by molar-refractivity contribution is 6.31. The minimum atomic E-state index is 0.284. The molecule has 19 heavy (non-hydrogen) atoms. The second-order valence-electron chi connectivity index (χ2n) is 5.90.